The molecule has 0 spiro atoms. The standard InChI is InChI=1S/C9H15N5O2/c10-7-4-8(12-9(11)14(7)16)13-3-1-2-6(15)5-13/h4,6,11,15-16H,1-3,5,10H2. The number of aromatic nitrogens is 2. The molecule has 2 rings (SSSR count). The van der Waals surface area contributed by atoms with Gasteiger partial charge in [-0.1, -0.05) is 0 Å². The number of hydrogen-bond acceptors (Lipinski definition) is 6. The Morgan fingerprint density at radius 2 is 2.31 bits per heavy atom. The maximum absolute atomic E-state index is 9.53. The van der Waals surface area contributed by atoms with Gasteiger partial charge in [0.25, 0.3) is 5.62 Å². The van der Waals surface area contributed by atoms with E-state index in [1.54, 1.807) is 0 Å². The van der Waals surface area contributed by atoms with Gasteiger partial charge < -0.3 is 20.9 Å². The molecule has 2 heterocycles. The van der Waals surface area contributed by atoms with E-state index in [0.29, 0.717) is 17.1 Å². The van der Waals surface area contributed by atoms with Crippen molar-refractivity contribution >= 4 is 11.6 Å². The number of aliphatic hydroxyl groups is 1. The molecular weight excluding hydrogens is 210 g/mol. The second-order valence-electron chi connectivity index (χ2n) is 3.92. The smallest absolute Gasteiger partial charge is 0.259 e. The normalized spacial score (nSPS) is 21.1. The van der Waals surface area contributed by atoms with Gasteiger partial charge in [0.1, 0.15) is 11.6 Å². The van der Waals surface area contributed by atoms with Gasteiger partial charge in [0.2, 0.25) is 0 Å². The molecule has 0 saturated carbocycles. The maximum atomic E-state index is 9.53. The zero-order valence-electron chi connectivity index (χ0n) is 8.80. The van der Waals surface area contributed by atoms with E-state index < -0.39 is 0 Å². The van der Waals surface area contributed by atoms with Gasteiger partial charge in [-0.2, -0.15) is 4.98 Å². The molecule has 0 aromatic carbocycles. The first-order chi connectivity index (χ1) is 7.58. The summed E-state index contributed by atoms with van der Waals surface area (Å²) in [6, 6.07) is 1.50. The predicted octanol–water partition coefficient (Wildman–Crippen LogP) is -0.857. The molecule has 7 heteroatoms. The monoisotopic (exact) mass is 225 g/mol. The second-order valence-corrected chi connectivity index (χ2v) is 3.92. The Hall–Kier alpha value is -1.76. The van der Waals surface area contributed by atoms with Crippen molar-refractivity contribution in [2.24, 2.45) is 0 Å². The molecule has 1 aliphatic heterocycles. The van der Waals surface area contributed by atoms with Crippen LogP contribution in [0.3, 0.4) is 0 Å². The summed E-state index contributed by atoms with van der Waals surface area (Å²) >= 11 is 0. The summed E-state index contributed by atoms with van der Waals surface area (Å²) in [5.41, 5.74) is 5.22. The van der Waals surface area contributed by atoms with E-state index in [0.717, 1.165) is 19.4 Å². The number of hydrogen-bond donors (Lipinski definition) is 4. The quantitative estimate of drug-likeness (QED) is 0.465. The third-order valence-electron chi connectivity index (χ3n) is 2.66. The number of rotatable bonds is 1. The molecule has 16 heavy (non-hydrogen) atoms. The molecule has 0 radical (unpaired) electrons. The minimum Gasteiger partial charge on any atom is -0.423 e. The molecule has 5 N–H and O–H groups in total. The Balaban J connectivity index is 2.30. The molecule has 7 nitrogen and oxygen atoms in total. The van der Waals surface area contributed by atoms with Crippen LogP contribution in [0.15, 0.2) is 6.07 Å². The van der Waals surface area contributed by atoms with Gasteiger partial charge in [0.15, 0.2) is 0 Å². The minimum atomic E-state index is -0.368. The molecule has 1 saturated heterocycles. The molecule has 1 aromatic heterocycles. The molecule has 1 unspecified atom stereocenters. The minimum absolute atomic E-state index is 0.0649. The van der Waals surface area contributed by atoms with Crippen molar-refractivity contribution in [2.75, 3.05) is 23.7 Å². The number of β-amino-alcohol motifs (C(OH)–C–C–N with tert-alkyl or cyclic N) is 1. The van der Waals surface area contributed by atoms with Crippen molar-refractivity contribution in [3.8, 4) is 0 Å². The summed E-state index contributed by atoms with van der Waals surface area (Å²) < 4.78 is 0.518. The zero-order valence-corrected chi connectivity index (χ0v) is 8.80. The van der Waals surface area contributed by atoms with Crippen molar-refractivity contribution in [3.63, 3.8) is 0 Å². The first-order valence-corrected chi connectivity index (χ1v) is 5.14. The van der Waals surface area contributed by atoms with Crippen LogP contribution in [-0.4, -0.2) is 39.2 Å². The number of anilines is 2. The molecule has 1 aromatic rings. The van der Waals surface area contributed by atoms with Crippen LogP contribution in [0.2, 0.25) is 0 Å². The average Bonchev–Trinajstić information content (AvgIpc) is 2.25. The van der Waals surface area contributed by atoms with Crippen molar-refractivity contribution < 1.29 is 10.3 Å². The van der Waals surface area contributed by atoms with E-state index in [1.165, 1.54) is 6.07 Å². The zero-order chi connectivity index (χ0) is 11.7. The summed E-state index contributed by atoms with van der Waals surface area (Å²) in [4.78, 5) is 5.77. The topological polar surface area (TPSA) is 111 Å². The van der Waals surface area contributed by atoms with Crippen molar-refractivity contribution in [2.45, 2.75) is 18.9 Å². The highest BCUT2D eigenvalue weighted by atomic mass is 16.5. The molecule has 1 aliphatic rings. The summed E-state index contributed by atoms with van der Waals surface area (Å²) in [5, 5.41) is 26.2. The molecule has 0 aliphatic carbocycles. The lowest BCUT2D eigenvalue weighted by Gasteiger charge is -2.31. The lowest BCUT2D eigenvalue weighted by Crippen LogP contribution is -2.40. The highest BCUT2D eigenvalue weighted by Gasteiger charge is 2.19. The summed E-state index contributed by atoms with van der Waals surface area (Å²) in [7, 11) is 0. The Morgan fingerprint density at radius 1 is 1.56 bits per heavy atom. The van der Waals surface area contributed by atoms with Crippen molar-refractivity contribution in [3.05, 3.63) is 11.7 Å². The number of nitrogens with zero attached hydrogens (tertiary/aromatic N) is 3. The Morgan fingerprint density at radius 3 is 2.94 bits per heavy atom. The third-order valence-corrected chi connectivity index (χ3v) is 2.66. The Bertz CT molecular complexity index is 444. The van der Waals surface area contributed by atoms with E-state index in [-0.39, 0.29) is 17.5 Å². The Kier molecular flexibility index (Phi) is 2.69. The summed E-state index contributed by atoms with van der Waals surface area (Å²) in [6.45, 7) is 1.26. The van der Waals surface area contributed by atoms with E-state index in [4.69, 9.17) is 11.1 Å². The molecule has 1 fully saturated rings. The number of aliphatic hydroxyl groups excluding tert-OH is 1. The van der Waals surface area contributed by atoms with Crippen LogP contribution in [0.1, 0.15) is 12.8 Å². The maximum Gasteiger partial charge on any atom is 0.259 e. The lowest BCUT2D eigenvalue weighted by molar-refractivity contribution is 0.153. The number of nitrogens with one attached hydrogen (secondary N) is 1. The van der Waals surface area contributed by atoms with E-state index >= 15 is 0 Å². The fourth-order valence-corrected chi connectivity index (χ4v) is 1.83. The van der Waals surface area contributed by atoms with Crippen molar-refractivity contribution in [1.82, 2.24) is 9.71 Å². The van der Waals surface area contributed by atoms with Crippen LogP contribution in [0.5, 0.6) is 0 Å². The predicted molar refractivity (Wildman–Crippen MR) is 57.1 cm³/mol. The van der Waals surface area contributed by atoms with Crippen LogP contribution in [0.25, 0.3) is 0 Å². The third kappa shape index (κ3) is 1.94. The van der Waals surface area contributed by atoms with E-state index in [9.17, 15) is 10.3 Å². The van der Waals surface area contributed by atoms with Crippen LogP contribution in [0.4, 0.5) is 11.6 Å². The molecule has 0 bridgehead atoms. The van der Waals surface area contributed by atoms with Gasteiger partial charge in [0, 0.05) is 19.2 Å². The molecule has 1 atom stereocenters. The van der Waals surface area contributed by atoms with Gasteiger partial charge in [0.05, 0.1) is 6.10 Å². The fourth-order valence-electron chi connectivity index (χ4n) is 1.83. The first kappa shape index (κ1) is 10.7. The van der Waals surface area contributed by atoms with E-state index in [1.807, 2.05) is 4.90 Å². The van der Waals surface area contributed by atoms with Gasteiger partial charge in [-0.3, -0.25) is 5.41 Å². The lowest BCUT2D eigenvalue weighted by atomic mass is 10.1. The first-order valence-electron chi connectivity index (χ1n) is 5.14. The summed E-state index contributed by atoms with van der Waals surface area (Å²) in [6.07, 6.45) is 1.30. The fraction of sp³-hybridized carbons (Fsp3) is 0.556. The van der Waals surface area contributed by atoms with Gasteiger partial charge in [-0.15, -0.1) is 4.73 Å². The molecular formula is C9H15N5O2. The number of piperidine rings is 1. The summed E-state index contributed by atoms with van der Waals surface area (Å²) in [5.74, 6) is 0.585. The molecule has 0 amide bonds. The second kappa shape index (κ2) is 4.01. The highest BCUT2D eigenvalue weighted by molar-refractivity contribution is 5.46. The van der Waals surface area contributed by atoms with Crippen LogP contribution in [-0.2, 0) is 0 Å². The van der Waals surface area contributed by atoms with E-state index in [2.05, 4.69) is 4.98 Å². The highest BCUT2D eigenvalue weighted by Crippen LogP contribution is 2.17. The van der Waals surface area contributed by atoms with Crippen LogP contribution in [0, 0.1) is 5.41 Å². The average molecular weight is 225 g/mol. The Labute approximate surface area is 92.2 Å². The van der Waals surface area contributed by atoms with Crippen LogP contribution < -0.4 is 16.3 Å². The van der Waals surface area contributed by atoms with Gasteiger partial charge in [-0.25, -0.2) is 0 Å². The van der Waals surface area contributed by atoms with Gasteiger partial charge in [-0.05, 0) is 12.8 Å². The van der Waals surface area contributed by atoms with Crippen molar-refractivity contribution in [1.29, 1.82) is 5.41 Å². The largest absolute Gasteiger partial charge is 0.423 e. The SMILES string of the molecule is N=c1nc(N2CCCC(O)C2)cc(N)n1O. The van der Waals surface area contributed by atoms with Crippen LogP contribution >= 0.6 is 0 Å². The number of nitrogen functional groups attached to an aromatic ring is 1. The van der Waals surface area contributed by atoms with Gasteiger partial charge >= 0.3 is 0 Å². The molecule has 88 valence electrons. The number of nitrogens with two attached hydrogens (primary N) is 1.